The molecule has 0 aliphatic carbocycles. The van der Waals surface area contributed by atoms with Gasteiger partial charge in [-0.15, -0.1) is 11.3 Å². The second-order valence-electron chi connectivity index (χ2n) is 6.62. The Morgan fingerprint density at radius 1 is 1.46 bits per heavy atom. The van der Waals surface area contributed by atoms with Gasteiger partial charge in [-0.2, -0.15) is 5.10 Å². The lowest BCUT2D eigenvalue weighted by Gasteiger charge is -2.25. The lowest BCUT2D eigenvalue weighted by atomic mass is 10.1. The predicted octanol–water partition coefficient (Wildman–Crippen LogP) is 2.48. The number of fused-ring (bicyclic) bond motifs is 1. The van der Waals surface area contributed by atoms with E-state index in [1.54, 1.807) is 17.5 Å². The summed E-state index contributed by atoms with van der Waals surface area (Å²) in [5.74, 6) is 0.414. The van der Waals surface area contributed by atoms with Crippen LogP contribution >= 0.6 is 11.3 Å². The molecule has 0 saturated heterocycles. The van der Waals surface area contributed by atoms with Crippen LogP contribution in [-0.4, -0.2) is 38.7 Å². The minimum atomic E-state index is -0.000906. The monoisotopic (exact) mass is 348 g/mol. The molecule has 1 atom stereocenters. The lowest BCUT2D eigenvalue weighted by Crippen LogP contribution is -2.37. The van der Waals surface area contributed by atoms with Gasteiger partial charge in [0.25, 0.3) is 0 Å². The van der Waals surface area contributed by atoms with Crippen LogP contribution in [-0.2, 0) is 29.2 Å². The zero-order valence-electron chi connectivity index (χ0n) is 14.4. The summed E-state index contributed by atoms with van der Waals surface area (Å²) < 4.78 is 7.87. The van der Waals surface area contributed by atoms with Gasteiger partial charge in [0.15, 0.2) is 0 Å². The Balaban J connectivity index is 1.64. The smallest absolute Gasteiger partial charge is 0.225 e. The van der Waals surface area contributed by atoms with E-state index in [1.807, 2.05) is 41.8 Å². The number of aryl methyl sites for hydroxylation is 1. The van der Waals surface area contributed by atoms with E-state index in [2.05, 4.69) is 10.1 Å². The molecule has 3 rings (SSSR count). The fraction of sp³-hybridized carbons (Fsp3) is 0.588. The molecule has 7 heteroatoms. The van der Waals surface area contributed by atoms with Crippen molar-refractivity contribution in [1.29, 1.82) is 0 Å². The quantitative estimate of drug-likeness (QED) is 0.833. The number of hydrogen-bond acceptors (Lipinski definition) is 5. The Kier molecular flexibility index (Phi) is 5.30. The molecule has 1 aliphatic heterocycles. The van der Waals surface area contributed by atoms with Crippen molar-refractivity contribution in [2.45, 2.75) is 40.5 Å². The van der Waals surface area contributed by atoms with Crippen molar-refractivity contribution in [2.75, 3.05) is 13.2 Å². The summed E-state index contributed by atoms with van der Waals surface area (Å²) in [5.41, 5.74) is 2.06. The summed E-state index contributed by atoms with van der Waals surface area (Å²) in [5, 5.41) is 7.47. The van der Waals surface area contributed by atoms with Crippen molar-refractivity contribution in [3.8, 4) is 0 Å². The Bertz CT molecular complexity index is 694. The van der Waals surface area contributed by atoms with E-state index < -0.39 is 0 Å². The van der Waals surface area contributed by atoms with Crippen molar-refractivity contribution in [1.82, 2.24) is 19.7 Å². The van der Waals surface area contributed by atoms with Gasteiger partial charge in [0.2, 0.25) is 5.91 Å². The van der Waals surface area contributed by atoms with E-state index in [0.29, 0.717) is 26.3 Å². The van der Waals surface area contributed by atoms with Crippen LogP contribution in [0.25, 0.3) is 0 Å². The Labute approximate surface area is 146 Å². The first-order valence-electron chi connectivity index (χ1n) is 8.31. The van der Waals surface area contributed by atoms with Crippen LogP contribution in [0.15, 0.2) is 17.6 Å². The van der Waals surface area contributed by atoms with Crippen LogP contribution in [0.2, 0.25) is 0 Å². The molecule has 0 saturated carbocycles. The van der Waals surface area contributed by atoms with E-state index in [9.17, 15) is 4.79 Å². The number of ether oxygens (including phenoxy) is 1. The fourth-order valence-electron chi connectivity index (χ4n) is 2.98. The topological polar surface area (TPSA) is 60.2 Å². The maximum atomic E-state index is 12.5. The molecule has 130 valence electrons. The van der Waals surface area contributed by atoms with Gasteiger partial charge >= 0.3 is 0 Å². The first kappa shape index (κ1) is 17.1. The molecule has 0 bridgehead atoms. The van der Waals surface area contributed by atoms with E-state index in [-0.39, 0.29) is 17.7 Å². The van der Waals surface area contributed by atoms with Crippen LogP contribution < -0.4 is 0 Å². The fourth-order valence-corrected chi connectivity index (χ4v) is 3.57. The van der Waals surface area contributed by atoms with Crippen LogP contribution in [0.5, 0.6) is 0 Å². The lowest BCUT2D eigenvalue weighted by molar-refractivity contribution is -0.135. The number of rotatable bonds is 5. The molecule has 0 N–H and O–H groups in total. The molecular weight excluding hydrogens is 324 g/mol. The number of aromatic nitrogens is 3. The van der Waals surface area contributed by atoms with Gasteiger partial charge < -0.3 is 9.64 Å². The SMILES string of the molecule is Cc1nc(COCC2CN(C(=O)C(C)C)Cc3ccnn3C2)cs1. The molecule has 1 aliphatic rings. The van der Waals surface area contributed by atoms with Gasteiger partial charge in [0.05, 0.1) is 36.2 Å². The number of carbonyl (C=O) groups excluding carboxylic acids is 1. The van der Waals surface area contributed by atoms with Crippen molar-refractivity contribution in [2.24, 2.45) is 11.8 Å². The summed E-state index contributed by atoms with van der Waals surface area (Å²) in [7, 11) is 0. The zero-order chi connectivity index (χ0) is 17.1. The maximum Gasteiger partial charge on any atom is 0.225 e. The summed E-state index contributed by atoms with van der Waals surface area (Å²) in [6.45, 7) is 9.10. The summed E-state index contributed by atoms with van der Waals surface area (Å²) in [6.07, 6.45) is 1.80. The molecule has 0 fully saturated rings. The molecule has 2 aromatic rings. The van der Waals surface area contributed by atoms with E-state index in [4.69, 9.17) is 4.74 Å². The third-order valence-corrected chi connectivity index (χ3v) is 4.97. The summed E-state index contributed by atoms with van der Waals surface area (Å²) in [6, 6.07) is 1.99. The normalized spacial score (nSPS) is 17.8. The minimum absolute atomic E-state index is 0.000906. The van der Waals surface area contributed by atoms with Crippen LogP contribution in [0.1, 0.15) is 30.2 Å². The van der Waals surface area contributed by atoms with Gasteiger partial charge in [-0.1, -0.05) is 13.8 Å². The van der Waals surface area contributed by atoms with Gasteiger partial charge in [0, 0.05) is 36.5 Å². The molecule has 3 heterocycles. The largest absolute Gasteiger partial charge is 0.375 e. The second kappa shape index (κ2) is 7.44. The van der Waals surface area contributed by atoms with Crippen molar-refractivity contribution in [3.63, 3.8) is 0 Å². The van der Waals surface area contributed by atoms with E-state index >= 15 is 0 Å². The first-order chi connectivity index (χ1) is 11.5. The summed E-state index contributed by atoms with van der Waals surface area (Å²) in [4.78, 5) is 18.8. The van der Waals surface area contributed by atoms with Gasteiger partial charge in [-0.25, -0.2) is 4.98 Å². The van der Waals surface area contributed by atoms with Crippen molar-refractivity contribution < 1.29 is 9.53 Å². The summed E-state index contributed by atoms with van der Waals surface area (Å²) >= 11 is 1.63. The standard InChI is InChI=1S/C17H24N4O2S/c1-12(2)17(22)20-6-14(7-21-16(8-20)4-5-18-21)9-23-10-15-11-24-13(3)19-15/h4-5,11-12,14H,6-10H2,1-3H3. The number of hydrogen-bond donors (Lipinski definition) is 0. The number of carbonyl (C=O) groups is 1. The predicted molar refractivity (Wildman–Crippen MR) is 92.5 cm³/mol. The molecule has 2 aromatic heterocycles. The van der Waals surface area contributed by atoms with E-state index in [1.165, 1.54) is 0 Å². The molecule has 1 unspecified atom stereocenters. The van der Waals surface area contributed by atoms with Crippen LogP contribution in [0.4, 0.5) is 0 Å². The molecular formula is C17H24N4O2S. The zero-order valence-corrected chi connectivity index (χ0v) is 15.3. The average molecular weight is 348 g/mol. The molecule has 0 aromatic carbocycles. The third kappa shape index (κ3) is 4.02. The Hall–Kier alpha value is -1.73. The highest BCUT2D eigenvalue weighted by molar-refractivity contribution is 7.09. The maximum absolute atomic E-state index is 12.5. The first-order valence-corrected chi connectivity index (χ1v) is 9.19. The van der Waals surface area contributed by atoms with Gasteiger partial charge in [0.1, 0.15) is 0 Å². The average Bonchev–Trinajstić information content (AvgIpc) is 3.11. The molecule has 0 spiro atoms. The number of amides is 1. The van der Waals surface area contributed by atoms with Crippen LogP contribution in [0.3, 0.4) is 0 Å². The minimum Gasteiger partial charge on any atom is -0.375 e. The van der Waals surface area contributed by atoms with Crippen molar-refractivity contribution in [3.05, 3.63) is 34.0 Å². The van der Waals surface area contributed by atoms with E-state index in [0.717, 1.165) is 22.9 Å². The highest BCUT2D eigenvalue weighted by Crippen LogP contribution is 2.19. The van der Waals surface area contributed by atoms with Crippen LogP contribution in [0, 0.1) is 18.8 Å². The third-order valence-electron chi connectivity index (χ3n) is 4.14. The Morgan fingerprint density at radius 2 is 2.29 bits per heavy atom. The highest BCUT2D eigenvalue weighted by atomic mass is 32.1. The Morgan fingerprint density at radius 3 is 3.00 bits per heavy atom. The second-order valence-corrected chi connectivity index (χ2v) is 7.68. The molecule has 0 radical (unpaired) electrons. The highest BCUT2D eigenvalue weighted by Gasteiger charge is 2.26. The molecule has 24 heavy (non-hydrogen) atoms. The number of nitrogens with zero attached hydrogens (tertiary/aromatic N) is 4. The van der Waals surface area contributed by atoms with Gasteiger partial charge in [-0.3, -0.25) is 9.48 Å². The number of thiazole rings is 1. The van der Waals surface area contributed by atoms with Gasteiger partial charge in [-0.05, 0) is 13.0 Å². The van der Waals surface area contributed by atoms with Crippen molar-refractivity contribution >= 4 is 17.2 Å². The molecule has 1 amide bonds. The molecule has 6 nitrogen and oxygen atoms in total.